The molecule has 2 aromatic rings. The lowest BCUT2D eigenvalue weighted by molar-refractivity contribution is 0.00616. The number of thiocarbonyl (C=S) groups is 1. The Labute approximate surface area is 140 Å². The number of hydrogen-bond donors (Lipinski definition) is 0. The molecule has 6 heteroatoms. The minimum atomic E-state index is -0.558. The number of esters is 1. The second-order valence-corrected chi connectivity index (χ2v) is 6.98. The number of ether oxygens (including phenoxy) is 1. The van der Waals surface area contributed by atoms with E-state index in [-0.39, 0.29) is 0 Å². The summed E-state index contributed by atoms with van der Waals surface area (Å²) in [6.45, 7) is 6.03. The lowest BCUT2D eigenvalue weighted by atomic mass is 10.1. The summed E-state index contributed by atoms with van der Waals surface area (Å²) in [4.78, 5) is 19.5. The first-order valence-electron chi connectivity index (χ1n) is 7.42. The molecule has 1 aromatic heterocycles. The number of fused-ring (bicyclic) bond motifs is 3. The minimum absolute atomic E-state index is 0.339. The predicted molar refractivity (Wildman–Crippen MR) is 91.9 cm³/mol. The van der Waals surface area contributed by atoms with Crippen LogP contribution in [0.2, 0.25) is 0 Å². The molecule has 0 unspecified atom stereocenters. The summed E-state index contributed by atoms with van der Waals surface area (Å²) in [6.07, 6.45) is 1.66. The first-order valence-corrected chi connectivity index (χ1v) is 7.83. The summed E-state index contributed by atoms with van der Waals surface area (Å²) in [5.41, 5.74) is 2.45. The van der Waals surface area contributed by atoms with E-state index >= 15 is 0 Å². The van der Waals surface area contributed by atoms with Gasteiger partial charge in [0.1, 0.15) is 16.9 Å². The maximum absolute atomic E-state index is 12.5. The molecule has 0 saturated carbocycles. The average molecular weight is 329 g/mol. The Bertz CT molecular complexity index is 789. The van der Waals surface area contributed by atoms with Crippen molar-refractivity contribution >= 4 is 23.2 Å². The lowest BCUT2D eigenvalue weighted by Crippen LogP contribution is -2.27. The van der Waals surface area contributed by atoms with Crippen molar-refractivity contribution in [1.29, 1.82) is 0 Å². The topological polar surface area (TPSA) is 47.4 Å². The fourth-order valence-corrected chi connectivity index (χ4v) is 2.83. The summed E-state index contributed by atoms with van der Waals surface area (Å²) in [5.74, 6) is -0.412. The van der Waals surface area contributed by atoms with Crippen LogP contribution in [0.5, 0.6) is 0 Å². The molecule has 0 amide bonds. The normalized spacial score (nSPS) is 14.1. The van der Waals surface area contributed by atoms with E-state index in [1.165, 1.54) is 0 Å². The van der Waals surface area contributed by atoms with Gasteiger partial charge >= 0.3 is 5.97 Å². The van der Waals surface area contributed by atoms with Crippen LogP contribution in [-0.2, 0) is 11.3 Å². The number of hydrogen-bond acceptors (Lipinski definition) is 4. The fourth-order valence-electron chi connectivity index (χ4n) is 2.60. The van der Waals surface area contributed by atoms with Gasteiger partial charge in [0.15, 0.2) is 5.69 Å². The van der Waals surface area contributed by atoms with Gasteiger partial charge in [-0.25, -0.2) is 9.78 Å². The minimum Gasteiger partial charge on any atom is -0.455 e. The zero-order valence-electron chi connectivity index (χ0n) is 13.7. The molecule has 2 heterocycles. The number of aromatic nitrogens is 2. The Morgan fingerprint density at radius 3 is 2.70 bits per heavy atom. The van der Waals surface area contributed by atoms with E-state index in [0.29, 0.717) is 12.2 Å². The van der Waals surface area contributed by atoms with Crippen molar-refractivity contribution < 1.29 is 9.53 Å². The summed E-state index contributed by atoms with van der Waals surface area (Å²) in [5, 5.41) is 0. The first kappa shape index (κ1) is 15.7. The second kappa shape index (κ2) is 5.45. The van der Waals surface area contributed by atoms with Gasteiger partial charge in [-0.05, 0) is 32.9 Å². The molecule has 23 heavy (non-hydrogen) atoms. The third-order valence-corrected chi connectivity index (χ3v) is 4.12. The van der Waals surface area contributed by atoms with Crippen LogP contribution in [-0.4, -0.2) is 38.1 Å². The van der Waals surface area contributed by atoms with Gasteiger partial charge < -0.3 is 9.64 Å². The molecule has 0 saturated heterocycles. The smallest absolute Gasteiger partial charge is 0.359 e. The molecule has 1 aliphatic heterocycles. The Kier molecular flexibility index (Phi) is 3.72. The number of para-hydroxylation sites is 1. The van der Waals surface area contributed by atoms with Gasteiger partial charge in [-0.15, -0.1) is 0 Å². The van der Waals surface area contributed by atoms with Crippen molar-refractivity contribution in [3.05, 3.63) is 47.5 Å². The van der Waals surface area contributed by atoms with E-state index in [9.17, 15) is 4.79 Å². The molecule has 3 rings (SSSR count). The SMILES string of the molecule is CN1Cc2c(C(=O)OC(C)(C)C)ncn2-c2ccccc2C1=S. The molecule has 1 aliphatic rings. The highest BCUT2D eigenvalue weighted by Crippen LogP contribution is 2.26. The summed E-state index contributed by atoms with van der Waals surface area (Å²) in [7, 11) is 1.92. The van der Waals surface area contributed by atoms with E-state index in [0.717, 1.165) is 21.9 Å². The van der Waals surface area contributed by atoms with E-state index in [1.807, 2.05) is 61.6 Å². The monoisotopic (exact) mass is 329 g/mol. The maximum Gasteiger partial charge on any atom is 0.359 e. The quantitative estimate of drug-likeness (QED) is 0.595. The standard InChI is InChI=1S/C17H19N3O2S/c1-17(2,3)22-16(21)14-13-9-19(4)15(23)11-7-5-6-8-12(11)20(13)10-18-14/h5-8,10H,9H2,1-4H3. The van der Waals surface area contributed by atoms with Crippen LogP contribution in [0.1, 0.15) is 42.5 Å². The van der Waals surface area contributed by atoms with Gasteiger partial charge in [0, 0.05) is 12.6 Å². The molecule has 0 bridgehead atoms. The number of carbonyl (C=O) groups is 1. The number of carbonyl (C=O) groups excluding carboxylic acids is 1. The van der Waals surface area contributed by atoms with Crippen molar-refractivity contribution in [2.75, 3.05) is 7.05 Å². The molecule has 0 fully saturated rings. The van der Waals surface area contributed by atoms with Gasteiger partial charge in [0.2, 0.25) is 0 Å². The highest BCUT2D eigenvalue weighted by molar-refractivity contribution is 7.80. The van der Waals surface area contributed by atoms with Crippen molar-refractivity contribution in [2.24, 2.45) is 0 Å². The van der Waals surface area contributed by atoms with E-state index in [1.54, 1.807) is 6.33 Å². The number of imidazole rings is 1. The van der Waals surface area contributed by atoms with Crippen LogP contribution in [0.4, 0.5) is 0 Å². The van der Waals surface area contributed by atoms with Crippen molar-refractivity contribution in [3.63, 3.8) is 0 Å². The zero-order valence-corrected chi connectivity index (χ0v) is 14.5. The van der Waals surface area contributed by atoms with E-state index in [4.69, 9.17) is 17.0 Å². The maximum atomic E-state index is 12.5. The molecule has 0 atom stereocenters. The Balaban J connectivity index is 2.12. The third kappa shape index (κ3) is 2.86. The first-order chi connectivity index (χ1) is 10.8. The molecule has 120 valence electrons. The van der Waals surface area contributed by atoms with Crippen molar-refractivity contribution in [3.8, 4) is 5.69 Å². The van der Waals surface area contributed by atoms with Crippen LogP contribution in [0.15, 0.2) is 30.6 Å². The van der Waals surface area contributed by atoms with Gasteiger partial charge in [-0.2, -0.15) is 0 Å². The van der Waals surface area contributed by atoms with Crippen LogP contribution in [0.25, 0.3) is 5.69 Å². The number of benzene rings is 1. The van der Waals surface area contributed by atoms with Gasteiger partial charge in [-0.3, -0.25) is 4.57 Å². The molecule has 0 radical (unpaired) electrons. The van der Waals surface area contributed by atoms with Crippen LogP contribution in [0.3, 0.4) is 0 Å². The second-order valence-electron chi connectivity index (χ2n) is 6.59. The molecular weight excluding hydrogens is 310 g/mol. The molecule has 0 spiro atoms. The molecule has 5 nitrogen and oxygen atoms in total. The lowest BCUT2D eigenvalue weighted by Gasteiger charge is -2.20. The highest BCUT2D eigenvalue weighted by atomic mass is 32.1. The van der Waals surface area contributed by atoms with Crippen LogP contribution in [0, 0.1) is 0 Å². The van der Waals surface area contributed by atoms with Crippen molar-refractivity contribution in [1.82, 2.24) is 14.5 Å². The zero-order chi connectivity index (χ0) is 16.8. The largest absolute Gasteiger partial charge is 0.455 e. The Morgan fingerprint density at radius 1 is 1.30 bits per heavy atom. The van der Waals surface area contributed by atoms with Gasteiger partial charge in [0.25, 0.3) is 0 Å². The molecule has 0 N–H and O–H groups in total. The molecule has 0 aliphatic carbocycles. The Hall–Kier alpha value is -2.21. The predicted octanol–water partition coefficient (Wildman–Crippen LogP) is 2.95. The van der Waals surface area contributed by atoms with Gasteiger partial charge in [-0.1, -0.05) is 24.4 Å². The fraction of sp³-hybridized carbons (Fsp3) is 0.353. The van der Waals surface area contributed by atoms with Crippen LogP contribution < -0.4 is 0 Å². The average Bonchev–Trinajstić information content (AvgIpc) is 2.84. The van der Waals surface area contributed by atoms with E-state index in [2.05, 4.69) is 4.98 Å². The molecular formula is C17H19N3O2S. The Morgan fingerprint density at radius 2 is 2.00 bits per heavy atom. The summed E-state index contributed by atoms with van der Waals surface area (Å²) < 4.78 is 7.39. The third-order valence-electron chi connectivity index (χ3n) is 3.59. The van der Waals surface area contributed by atoms with Gasteiger partial charge in [0.05, 0.1) is 17.9 Å². The van der Waals surface area contributed by atoms with E-state index < -0.39 is 11.6 Å². The molecule has 1 aromatic carbocycles. The number of rotatable bonds is 1. The van der Waals surface area contributed by atoms with Crippen molar-refractivity contribution in [2.45, 2.75) is 32.9 Å². The summed E-state index contributed by atoms with van der Waals surface area (Å²) >= 11 is 5.56. The highest BCUT2D eigenvalue weighted by Gasteiger charge is 2.28. The van der Waals surface area contributed by atoms with Crippen LogP contribution >= 0.6 is 12.2 Å². The summed E-state index contributed by atoms with van der Waals surface area (Å²) in [6, 6.07) is 7.86. The number of nitrogens with zero attached hydrogens (tertiary/aromatic N) is 3.